The highest BCUT2D eigenvalue weighted by atomic mass is 35.5. The topological polar surface area (TPSA) is 79.6 Å². The SMILES string of the molecule is O=C(C[NH+]1CCN(C(=O)c2ccc3nccnc3c2)CC1)Nc1ccccc1Cl. The van der Waals surface area contributed by atoms with Gasteiger partial charge in [0.2, 0.25) is 0 Å². The summed E-state index contributed by atoms with van der Waals surface area (Å²) in [5, 5.41) is 3.37. The molecule has 0 bridgehead atoms. The number of nitrogens with one attached hydrogen (secondary N) is 2. The molecule has 0 atom stereocenters. The third kappa shape index (κ3) is 4.52. The molecule has 8 heteroatoms. The second kappa shape index (κ2) is 8.55. The van der Waals surface area contributed by atoms with E-state index in [1.807, 2.05) is 23.1 Å². The smallest absolute Gasteiger partial charge is 0.279 e. The Kier molecular flexibility index (Phi) is 5.69. The van der Waals surface area contributed by atoms with E-state index in [1.54, 1.807) is 36.7 Å². The Morgan fingerprint density at radius 3 is 2.52 bits per heavy atom. The fourth-order valence-electron chi connectivity index (χ4n) is 3.47. The number of amides is 2. The molecule has 0 saturated carbocycles. The maximum absolute atomic E-state index is 12.8. The third-order valence-electron chi connectivity index (χ3n) is 5.03. The van der Waals surface area contributed by atoms with Crippen LogP contribution in [0.1, 0.15) is 10.4 Å². The van der Waals surface area contributed by atoms with Crippen molar-refractivity contribution < 1.29 is 14.5 Å². The Labute approximate surface area is 173 Å². The number of nitrogens with zero attached hydrogens (tertiary/aromatic N) is 3. The number of hydrogen-bond acceptors (Lipinski definition) is 4. The molecule has 1 aromatic heterocycles. The Morgan fingerprint density at radius 2 is 1.76 bits per heavy atom. The summed E-state index contributed by atoms with van der Waals surface area (Å²) in [7, 11) is 0. The molecule has 3 aromatic rings. The second-order valence-electron chi connectivity index (χ2n) is 7.01. The quantitative estimate of drug-likeness (QED) is 0.678. The van der Waals surface area contributed by atoms with Crippen LogP contribution in [0.5, 0.6) is 0 Å². The van der Waals surface area contributed by atoms with Gasteiger partial charge in [0.15, 0.2) is 6.54 Å². The van der Waals surface area contributed by atoms with Gasteiger partial charge < -0.3 is 15.1 Å². The van der Waals surface area contributed by atoms with Gasteiger partial charge in [-0.1, -0.05) is 23.7 Å². The number of quaternary nitrogens is 1. The highest BCUT2D eigenvalue weighted by Gasteiger charge is 2.26. The molecule has 7 nitrogen and oxygen atoms in total. The molecule has 0 aliphatic carbocycles. The van der Waals surface area contributed by atoms with Gasteiger partial charge in [-0.2, -0.15) is 0 Å². The van der Waals surface area contributed by atoms with Crippen molar-refractivity contribution in [2.75, 3.05) is 38.0 Å². The Morgan fingerprint density at radius 1 is 1.03 bits per heavy atom. The van der Waals surface area contributed by atoms with Crippen LogP contribution in [-0.4, -0.2) is 59.4 Å². The standard InChI is InChI=1S/C21H20ClN5O2/c22-16-3-1-2-4-17(16)25-20(28)14-26-9-11-27(12-10-26)21(29)15-5-6-18-19(13-15)24-8-7-23-18/h1-8,13H,9-12,14H2,(H,25,28)/p+1. The van der Waals surface area contributed by atoms with Crippen LogP contribution >= 0.6 is 11.6 Å². The highest BCUT2D eigenvalue weighted by molar-refractivity contribution is 6.33. The number of anilines is 1. The van der Waals surface area contributed by atoms with Gasteiger partial charge in [0.1, 0.15) is 0 Å². The van der Waals surface area contributed by atoms with Crippen LogP contribution in [0, 0.1) is 0 Å². The van der Waals surface area contributed by atoms with Gasteiger partial charge >= 0.3 is 0 Å². The largest absolute Gasteiger partial charge is 0.327 e. The van der Waals surface area contributed by atoms with Crippen molar-refractivity contribution >= 4 is 40.1 Å². The maximum Gasteiger partial charge on any atom is 0.279 e. The number of fused-ring (bicyclic) bond motifs is 1. The van der Waals surface area contributed by atoms with Crippen LogP contribution in [-0.2, 0) is 4.79 Å². The summed E-state index contributed by atoms with van der Waals surface area (Å²) in [6.07, 6.45) is 3.25. The predicted molar refractivity (Wildman–Crippen MR) is 111 cm³/mol. The average molecular weight is 411 g/mol. The van der Waals surface area contributed by atoms with E-state index in [-0.39, 0.29) is 11.8 Å². The van der Waals surface area contributed by atoms with E-state index in [4.69, 9.17) is 11.6 Å². The van der Waals surface area contributed by atoms with Gasteiger partial charge in [0.05, 0.1) is 47.9 Å². The zero-order chi connectivity index (χ0) is 20.2. The van der Waals surface area contributed by atoms with E-state index in [9.17, 15) is 9.59 Å². The average Bonchev–Trinajstić information content (AvgIpc) is 2.75. The van der Waals surface area contributed by atoms with E-state index in [1.165, 1.54) is 0 Å². The molecule has 1 aliphatic rings. The summed E-state index contributed by atoms with van der Waals surface area (Å²) in [6.45, 7) is 2.99. The van der Waals surface area contributed by atoms with Gasteiger partial charge in [0, 0.05) is 18.0 Å². The molecule has 4 rings (SSSR count). The van der Waals surface area contributed by atoms with Crippen LogP contribution in [0.2, 0.25) is 5.02 Å². The summed E-state index contributed by atoms with van der Waals surface area (Å²) in [5.41, 5.74) is 2.70. The van der Waals surface area contributed by atoms with E-state index >= 15 is 0 Å². The van der Waals surface area contributed by atoms with Crippen molar-refractivity contribution in [3.63, 3.8) is 0 Å². The number of para-hydroxylation sites is 1. The normalized spacial score (nSPS) is 14.7. The van der Waals surface area contributed by atoms with Gasteiger partial charge in [-0.3, -0.25) is 19.6 Å². The second-order valence-corrected chi connectivity index (χ2v) is 7.41. The molecule has 1 aliphatic heterocycles. The molecule has 2 amide bonds. The van der Waals surface area contributed by atoms with Crippen LogP contribution in [0.25, 0.3) is 11.0 Å². The Hall–Kier alpha value is -3.03. The summed E-state index contributed by atoms with van der Waals surface area (Å²) < 4.78 is 0. The van der Waals surface area contributed by atoms with Crippen molar-refractivity contribution in [3.05, 3.63) is 65.4 Å². The first-order valence-electron chi connectivity index (χ1n) is 9.48. The van der Waals surface area contributed by atoms with Crippen LogP contribution in [0.15, 0.2) is 54.9 Å². The van der Waals surface area contributed by atoms with Crippen LogP contribution < -0.4 is 10.2 Å². The molecule has 1 fully saturated rings. The molecular weight excluding hydrogens is 390 g/mol. The third-order valence-corrected chi connectivity index (χ3v) is 5.36. The van der Waals surface area contributed by atoms with Gasteiger partial charge in [-0.15, -0.1) is 0 Å². The fourth-order valence-corrected chi connectivity index (χ4v) is 3.65. The number of aromatic nitrogens is 2. The summed E-state index contributed by atoms with van der Waals surface area (Å²) in [5.74, 6) is -0.0990. The van der Waals surface area contributed by atoms with Gasteiger partial charge in [-0.25, -0.2) is 0 Å². The molecule has 2 aromatic carbocycles. The number of piperazine rings is 1. The van der Waals surface area contributed by atoms with Gasteiger partial charge in [-0.05, 0) is 30.3 Å². The minimum absolute atomic E-state index is 0.0166. The van der Waals surface area contributed by atoms with E-state index in [0.29, 0.717) is 41.4 Å². The lowest BCUT2D eigenvalue weighted by atomic mass is 10.1. The molecule has 0 spiro atoms. The molecule has 148 valence electrons. The number of rotatable bonds is 4. The van der Waals surface area contributed by atoms with Crippen LogP contribution in [0.4, 0.5) is 5.69 Å². The lowest BCUT2D eigenvalue weighted by Crippen LogP contribution is -3.15. The number of carbonyl (C=O) groups excluding carboxylic acids is 2. The number of carbonyl (C=O) groups is 2. The van der Waals surface area contributed by atoms with Crippen molar-refractivity contribution in [1.29, 1.82) is 0 Å². The van der Waals surface area contributed by atoms with Crippen molar-refractivity contribution in [2.24, 2.45) is 0 Å². The molecule has 2 N–H and O–H groups in total. The number of halogens is 1. The Bertz CT molecular complexity index is 1050. The molecule has 0 unspecified atom stereocenters. The molecule has 0 radical (unpaired) electrons. The number of hydrogen-bond donors (Lipinski definition) is 2. The Balaban J connectivity index is 1.32. The van der Waals surface area contributed by atoms with E-state index in [0.717, 1.165) is 23.5 Å². The van der Waals surface area contributed by atoms with E-state index < -0.39 is 0 Å². The predicted octanol–water partition coefficient (Wildman–Crippen LogP) is 1.26. The highest BCUT2D eigenvalue weighted by Crippen LogP contribution is 2.20. The van der Waals surface area contributed by atoms with Crippen molar-refractivity contribution in [3.8, 4) is 0 Å². The van der Waals surface area contributed by atoms with Crippen molar-refractivity contribution in [2.45, 2.75) is 0 Å². The van der Waals surface area contributed by atoms with E-state index in [2.05, 4.69) is 15.3 Å². The molecule has 29 heavy (non-hydrogen) atoms. The summed E-state index contributed by atoms with van der Waals surface area (Å²) in [4.78, 5) is 36.6. The summed E-state index contributed by atoms with van der Waals surface area (Å²) in [6, 6.07) is 12.6. The fraction of sp³-hybridized carbons (Fsp3) is 0.238. The first kappa shape index (κ1) is 19.3. The first-order valence-corrected chi connectivity index (χ1v) is 9.86. The molecule has 2 heterocycles. The lowest BCUT2D eigenvalue weighted by Gasteiger charge is -2.32. The zero-order valence-electron chi connectivity index (χ0n) is 15.8. The first-order chi connectivity index (χ1) is 14.1. The lowest BCUT2D eigenvalue weighted by molar-refractivity contribution is -0.895. The maximum atomic E-state index is 12.8. The summed E-state index contributed by atoms with van der Waals surface area (Å²) >= 11 is 6.09. The minimum atomic E-state index is -0.0824. The minimum Gasteiger partial charge on any atom is -0.327 e. The number of benzene rings is 2. The molecular formula is C21H21ClN5O2+. The van der Waals surface area contributed by atoms with Gasteiger partial charge in [0.25, 0.3) is 11.8 Å². The van der Waals surface area contributed by atoms with Crippen LogP contribution in [0.3, 0.4) is 0 Å². The van der Waals surface area contributed by atoms with Crippen molar-refractivity contribution in [1.82, 2.24) is 14.9 Å². The molecule has 1 saturated heterocycles. The zero-order valence-corrected chi connectivity index (χ0v) is 16.5. The monoisotopic (exact) mass is 410 g/mol.